The molecule has 1 aromatic rings. The molecule has 0 bridgehead atoms. The highest BCUT2D eigenvalue weighted by molar-refractivity contribution is 7.99. The number of amides is 1. The second-order valence-corrected chi connectivity index (χ2v) is 8.49. The minimum absolute atomic E-state index is 0.0744. The number of carboxylic acid groups (broad SMARTS) is 1. The third-order valence-corrected chi connectivity index (χ3v) is 6.06. The summed E-state index contributed by atoms with van der Waals surface area (Å²) in [6.07, 6.45) is 1.42. The zero-order valence-electron chi connectivity index (χ0n) is 12.3. The predicted molar refractivity (Wildman–Crippen MR) is 84.1 cm³/mol. The lowest BCUT2D eigenvalue weighted by atomic mass is 9.98. The van der Waals surface area contributed by atoms with Gasteiger partial charge in [-0.1, -0.05) is 6.07 Å². The second-order valence-electron chi connectivity index (χ2n) is 5.40. The van der Waals surface area contributed by atoms with Crippen LogP contribution in [0, 0.1) is 6.92 Å². The maximum atomic E-state index is 12.3. The summed E-state index contributed by atoms with van der Waals surface area (Å²) in [6, 6.07) is 4.33. The summed E-state index contributed by atoms with van der Waals surface area (Å²) in [4.78, 5) is 23.8. The van der Waals surface area contributed by atoms with Crippen molar-refractivity contribution in [2.45, 2.75) is 23.8 Å². The molecule has 1 atom stereocenters. The van der Waals surface area contributed by atoms with E-state index in [1.807, 2.05) is 0 Å². The van der Waals surface area contributed by atoms with E-state index in [9.17, 15) is 23.1 Å². The molecule has 0 spiro atoms. The molecule has 8 heteroatoms. The van der Waals surface area contributed by atoms with E-state index in [1.54, 1.807) is 13.0 Å². The van der Waals surface area contributed by atoms with Crippen molar-refractivity contribution in [3.63, 3.8) is 0 Å². The van der Waals surface area contributed by atoms with E-state index in [2.05, 4.69) is 5.32 Å². The molecule has 6 nitrogen and oxygen atoms in total. The van der Waals surface area contributed by atoms with Gasteiger partial charge in [-0.2, -0.15) is 11.8 Å². The Morgan fingerprint density at radius 1 is 1.36 bits per heavy atom. The Labute approximate surface area is 133 Å². The molecule has 120 valence electrons. The topological polar surface area (TPSA) is 101 Å². The van der Waals surface area contributed by atoms with Crippen LogP contribution in [0.3, 0.4) is 0 Å². The SMILES string of the molecule is Cc1ccc(C(=O)NC2(C(=O)O)CCSC2)cc1S(C)(=O)=O. The third-order valence-electron chi connectivity index (χ3n) is 3.63. The highest BCUT2D eigenvalue weighted by atomic mass is 32.2. The van der Waals surface area contributed by atoms with Gasteiger partial charge in [0.2, 0.25) is 0 Å². The molecule has 2 N–H and O–H groups in total. The number of hydrogen-bond acceptors (Lipinski definition) is 5. The molecule has 0 aliphatic carbocycles. The first kappa shape index (κ1) is 16.8. The standard InChI is InChI=1S/C14H17NO5S2/c1-9-3-4-10(7-11(9)22(2,19)20)12(16)15-14(13(17)18)5-6-21-8-14/h3-4,7H,5-6,8H2,1-2H3,(H,15,16)(H,17,18). The van der Waals surface area contributed by atoms with Crippen molar-refractivity contribution in [1.29, 1.82) is 0 Å². The number of aliphatic carboxylic acids is 1. The lowest BCUT2D eigenvalue weighted by Crippen LogP contribution is -2.54. The molecular weight excluding hydrogens is 326 g/mol. The van der Waals surface area contributed by atoms with Crippen LogP contribution in [0.15, 0.2) is 23.1 Å². The Bertz CT molecular complexity index is 721. The summed E-state index contributed by atoms with van der Waals surface area (Å²) in [7, 11) is -3.45. The van der Waals surface area contributed by atoms with Crippen molar-refractivity contribution in [1.82, 2.24) is 5.32 Å². The zero-order chi connectivity index (χ0) is 16.5. The molecular formula is C14H17NO5S2. The number of carboxylic acids is 1. The fourth-order valence-electron chi connectivity index (χ4n) is 2.32. The molecule has 0 saturated carbocycles. The fraction of sp³-hybridized carbons (Fsp3) is 0.429. The van der Waals surface area contributed by atoms with Crippen molar-refractivity contribution in [3.05, 3.63) is 29.3 Å². The highest BCUT2D eigenvalue weighted by Crippen LogP contribution is 2.29. The van der Waals surface area contributed by atoms with Crippen LogP contribution in [0.2, 0.25) is 0 Å². The Kier molecular flexibility index (Phi) is 4.53. The van der Waals surface area contributed by atoms with E-state index in [1.165, 1.54) is 23.9 Å². The monoisotopic (exact) mass is 343 g/mol. The van der Waals surface area contributed by atoms with Crippen LogP contribution in [0.5, 0.6) is 0 Å². The van der Waals surface area contributed by atoms with Gasteiger partial charge in [-0.05, 0) is 36.8 Å². The van der Waals surface area contributed by atoms with E-state index in [0.29, 0.717) is 23.5 Å². The molecule has 1 amide bonds. The van der Waals surface area contributed by atoms with E-state index in [4.69, 9.17) is 0 Å². The predicted octanol–water partition coefficient (Wildman–Crippen LogP) is 1.09. The summed E-state index contributed by atoms with van der Waals surface area (Å²) in [5, 5.41) is 11.9. The first-order valence-electron chi connectivity index (χ1n) is 6.60. The minimum Gasteiger partial charge on any atom is -0.479 e. The highest BCUT2D eigenvalue weighted by Gasteiger charge is 2.43. The van der Waals surface area contributed by atoms with Crippen LogP contribution in [-0.4, -0.2) is 48.7 Å². The molecule has 1 unspecified atom stereocenters. The second kappa shape index (κ2) is 5.92. The Morgan fingerprint density at radius 2 is 2.05 bits per heavy atom. The minimum atomic E-state index is -3.45. The van der Waals surface area contributed by atoms with Crippen LogP contribution in [0.1, 0.15) is 22.3 Å². The van der Waals surface area contributed by atoms with Crippen LogP contribution in [-0.2, 0) is 14.6 Å². The van der Waals surface area contributed by atoms with Crippen LogP contribution in [0.4, 0.5) is 0 Å². The average Bonchev–Trinajstić information content (AvgIpc) is 2.87. The summed E-state index contributed by atoms with van der Waals surface area (Å²) in [6.45, 7) is 1.64. The number of nitrogens with one attached hydrogen (secondary N) is 1. The largest absolute Gasteiger partial charge is 0.479 e. The van der Waals surface area contributed by atoms with Gasteiger partial charge >= 0.3 is 5.97 Å². The third kappa shape index (κ3) is 3.27. The zero-order valence-corrected chi connectivity index (χ0v) is 13.9. The molecule has 2 rings (SSSR count). The van der Waals surface area contributed by atoms with Gasteiger partial charge in [0.15, 0.2) is 9.84 Å². The van der Waals surface area contributed by atoms with Gasteiger partial charge in [-0.25, -0.2) is 13.2 Å². The van der Waals surface area contributed by atoms with Crippen LogP contribution >= 0.6 is 11.8 Å². The van der Waals surface area contributed by atoms with E-state index in [-0.39, 0.29) is 10.5 Å². The van der Waals surface area contributed by atoms with Crippen molar-refractivity contribution in [2.75, 3.05) is 17.8 Å². The summed E-state index contributed by atoms with van der Waals surface area (Å²) < 4.78 is 23.4. The Hall–Kier alpha value is -1.54. The maximum Gasteiger partial charge on any atom is 0.330 e. The molecule has 1 saturated heterocycles. The molecule has 1 fully saturated rings. The smallest absolute Gasteiger partial charge is 0.330 e. The first-order valence-corrected chi connectivity index (χ1v) is 9.65. The molecule has 1 aromatic carbocycles. The summed E-state index contributed by atoms with van der Waals surface area (Å²) >= 11 is 1.46. The van der Waals surface area contributed by atoms with Crippen molar-refractivity contribution in [2.24, 2.45) is 0 Å². The number of aryl methyl sites for hydroxylation is 1. The van der Waals surface area contributed by atoms with Crippen LogP contribution in [0.25, 0.3) is 0 Å². The quantitative estimate of drug-likeness (QED) is 0.849. The normalized spacial score (nSPS) is 21.5. The van der Waals surface area contributed by atoms with Gasteiger partial charge < -0.3 is 10.4 Å². The van der Waals surface area contributed by atoms with Gasteiger partial charge in [-0.15, -0.1) is 0 Å². The fourth-order valence-corrected chi connectivity index (χ4v) is 4.64. The number of carbonyl (C=O) groups is 2. The average molecular weight is 343 g/mol. The van der Waals surface area contributed by atoms with E-state index >= 15 is 0 Å². The van der Waals surface area contributed by atoms with E-state index in [0.717, 1.165) is 6.26 Å². The van der Waals surface area contributed by atoms with E-state index < -0.39 is 27.3 Å². The number of carbonyl (C=O) groups excluding carboxylic acids is 1. The van der Waals surface area contributed by atoms with Gasteiger partial charge in [0.25, 0.3) is 5.91 Å². The van der Waals surface area contributed by atoms with Crippen molar-refractivity contribution in [3.8, 4) is 0 Å². The van der Waals surface area contributed by atoms with Gasteiger partial charge in [0.1, 0.15) is 5.54 Å². The molecule has 1 aliphatic heterocycles. The lowest BCUT2D eigenvalue weighted by molar-refractivity contribution is -0.143. The first-order chi connectivity index (χ1) is 10.2. The molecule has 1 aliphatic rings. The summed E-state index contributed by atoms with van der Waals surface area (Å²) in [5.74, 6) is -0.676. The Balaban J connectivity index is 2.33. The van der Waals surface area contributed by atoms with Crippen molar-refractivity contribution >= 4 is 33.5 Å². The van der Waals surface area contributed by atoms with Gasteiger partial charge in [0, 0.05) is 17.6 Å². The molecule has 0 aromatic heterocycles. The lowest BCUT2D eigenvalue weighted by Gasteiger charge is -2.24. The van der Waals surface area contributed by atoms with Gasteiger partial charge in [-0.3, -0.25) is 4.79 Å². The van der Waals surface area contributed by atoms with Gasteiger partial charge in [0.05, 0.1) is 4.90 Å². The number of benzene rings is 1. The number of hydrogen-bond donors (Lipinski definition) is 2. The number of sulfone groups is 1. The van der Waals surface area contributed by atoms with Crippen molar-refractivity contribution < 1.29 is 23.1 Å². The van der Waals surface area contributed by atoms with Crippen LogP contribution < -0.4 is 5.32 Å². The number of thioether (sulfide) groups is 1. The maximum absolute atomic E-state index is 12.3. The molecule has 22 heavy (non-hydrogen) atoms. The number of rotatable bonds is 4. The molecule has 1 heterocycles. The Morgan fingerprint density at radius 3 is 2.55 bits per heavy atom. The summed E-state index contributed by atoms with van der Waals surface area (Å²) in [5.41, 5.74) is -0.593. The molecule has 0 radical (unpaired) electrons.